The summed E-state index contributed by atoms with van der Waals surface area (Å²) in [5.74, 6) is 4.29. The highest BCUT2D eigenvalue weighted by Gasteiger charge is 2.45. The zero-order valence-corrected chi connectivity index (χ0v) is 17.5. The van der Waals surface area contributed by atoms with Crippen LogP contribution in [0.1, 0.15) is 24.5 Å². The molecule has 0 saturated carbocycles. The minimum Gasteiger partial charge on any atom is -0.480 e. The molecular weight excluding hydrogens is 376 g/mol. The van der Waals surface area contributed by atoms with E-state index in [1.54, 1.807) is 6.21 Å². The Morgan fingerprint density at radius 2 is 1.87 bits per heavy atom. The zero-order chi connectivity index (χ0) is 21.7. The van der Waals surface area contributed by atoms with Crippen molar-refractivity contribution in [3.05, 3.63) is 83.4 Å². The maximum absolute atomic E-state index is 12.5. The maximum atomic E-state index is 12.5. The number of nitrogens with two attached hydrogens (primary N) is 1. The molecule has 0 radical (unpaired) electrons. The van der Waals surface area contributed by atoms with Gasteiger partial charge in [0.25, 0.3) is 0 Å². The number of aliphatic carboxylic acids is 1. The predicted octanol–water partition coefficient (Wildman–Crippen LogP) is 3.58. The van der Waals surface area contributed by atoms with Gasteiger partial charge < -0.3 is 16.3 Å². The summed E-state index contributed by atoms with van der Waals surface area (Å²) in [5.41, 5.74) is 4.08. The third-order valence-electron chi connectivity index (χ3n) is 5.52. The van der Waals surface area contributed by atoms with Gasteiger partial charge in [0.1, 0.15) is 6.04 Å². The van der Waals surface area contributed by atoms with Gasteiger partial charge in [0.15, 0.2) is 0 Å². The third-order valence-corrected chi connectivity index (χ3v) is 5.52. The molecule has 0 amide bonds. The van der Waals surface area contributed by atoms with Crippen LogP contribution < -0.4 is 11.2 Å². The van der Waals surface area contributed by atoms with Crippen LogP contribution in [0, 0.1) is 0 Å². The molecule has 30 heavy (non-hydrogen) atoms. The van der Waals surface area contributed by atoms with E-state index in [0.29, 0.717) is 6.42 Å². The van der Waals surface area contributed by atoms with Gasteiger partial charge in [0.05, 0.1) is 11.8 Å². The molecule has 0 aromatic heterocycles. The summed E-state index contributed by atoms with van der Waals surface area (Å²) in [6, 6.07) is 16.6. The lowest BCUT2D eigenvalue weighted by atomic mass is 9.75. The smallest absolute Gasteiger partial charge is 0.328 e. The number of hydrazone groups is 1. The molecule has 0 fully saturated rings. The van der Waals surface area contributed by atoms with Crippen LogP contribution in [0.2, 0.25) is 0 Å². The number of rotatable bonds is 7. The molecule has 0 spiro atoms. The zero-order valence-electron chi connectivity index (χ0n) is 17.5. The summed E-state index contributed by atoms with van der Waals surface area (Å²) in [4.78, 5) is 14.5. The largest absolute Gasteiger partial charge is 0.480 e. The molecule has 4 N–H and O–H groups in total. The molecule has 0 aliphatic heterocycles. The molecule has 6 heteroatoms. The summed E-state index contributed by atoms with van der Waals surface area (Å²) in [6.07, 6.45) is 6.31. The summed E-state index contributed by atoms with van der Waals surface area (Å²) in [6.45, 7) is 2.01. The molecule has 3 rings (SSSR count). The van der Waals surface area contributed by atoms with Crippen LogP contribution >= 0.6 is 0 Å². The molecular formula is C24H28N4O2. The van der Waals surface area contributed by atoms with Crippen molar-refractivity contribution in [1.29, 1.82) is 0 Å². The van der Waals surface area contributed by atoms with Crippen LogP contribution in [0.25, 0.3) is 5.57 Å². The Balaban J connectivity index is 1.99. The Kier molecular flexibility index (Phi) is 6.37. The van der Waals surface area contributed by atoms with E-state index >= 15 is 0 Å². The van der Waals surface area contributed by atoms with Crippen LogP contribution in [0.3, 0.4) is 0 Å². The quantitative estimate of drug-likeness (QED) is 0.373. The molecule has 0 saturated heterocycles. The van der Waals surface area contributed by atoms with Crippen molar-refractivity contribution in [1.82, 2.24) is 4.90 Å². The molecule has 1 aliphatic rings. The third kappa shape index (κ3) is 4.44. The number of anilines is 1. The van der Waals surface area contributed by atoms with E-state index in [-0.39, 0.29) is 0 Å². The lowest BCUT2D eigenvalue weighted by Crippen LogP contribution is -2.59. The first-order chi connectivity index (χ1) is 14.4. The summed E-state index contributed by atoms with van der Waals surface area (Å²) in [7, 11) is 3.85. The van der Waals surface area contributed by atoms with Crippen molar-refractivity contribution in [2.45, 2.75) is 24.9 Å². The van der Waals surface area contributed by atoms with Gasteiger partial charge >= 0.3 is 5.97 Å². The van der Waals surface area contributed by atoms with Crippen LogP contribution in [-0.2, 0) is 4.79 Å². The first-order valence-electron chi connectivity index (χ1n) is 9.81. The summed E-state index contributed by atoms with van der Waals surface area (Å²) in [5, 5.41) is 17.0. The van der Waals surface area contributed by atoms with Crippen molar-refractivity contribution in [3.63, 3.8) is 0 Å². The molecule has 2 aromatic carbocycles. The highest BCUT2D eigenvalue weighted by molar-refractivity contribution is 5.84. The number of allylic oxidation sites excluding steroid dienone is 2. The molecule has 0 heterocycles. The van der Waals surface area contributed by atoms with Crippen LogP contribution in [-0.4, -0.2) is 47.9 Å². The molecule has 2 unspecified atom stereocenters. The number of nitrogens with one attached hydrogen (secondary N) is 1. The number of hydrogen-bond donors (Lipinski definition) is 3. The van der Waals surface area contributed by atoms with Gasteiger partial charge in [-0.15, -0.1) is 0 Å². The molecule has 1 aliphatic carbocycles. The van der Waals surface area contributed by atoms with E-state index in [1.165, 1.54) is 0 Å². The first kappa shape index (κ1) is 21.3. The highest BCUT2D eigenvalue weighted by atomic mass is 16.4. The normalized spacial score (nSPS) is 20.0. The van der Waals surface area contributed by atoms with Crippen molar-refractivity contribution in [3.8, 4) is 0 Å². The van der Waals surface area contributed by atoms with Crippen LogP contribution in [0.4, 0.5) is 5.69 Å². The standard InChI is InChI=1S/C24H28N4O2/c1-17-13-20(19-7-5-4-6-8-19)15-24(14-17,28(2)3)22(23(29)30)27-21-11-9-18(10-12-21)16-26-25/h4-14,16,22,27H,15,25H2,1-3H3,(H,29,30). The Morgan fingerprint density at radius 1 is 1.20 bits per heavy atom. The molecule has 0 bridgehead atoms. The van der Waals surface area contributed by atoms with Gasteiger partial charge in [-0.2, -0.15) is 5.10 Å². The maximum Gasteiger partial charge on any atom is 0.328 e. The second-order valence-corrected chi connectivity index (χ2v) is 7.80. The molecule has 6 nitrogen and oxygen atoms in total. The number of benzene rings is 2. The molecule has 2 atom stereocenters. The number of nitrogens with zero attached hydrogens (tertiary/aromatic N) is 2. The summed E-state index contributed by atoms with van der Waals surface area (Å²) >= 11 is 0. The van der Waals surface area contributed by atoms with Gasteiger partial charge in [-0.25, -0.2) is 4.79 Å². The van der Waals surface area contributed by atoms with Gasteiger partial charge in [0, 0.05) is 5.69 Å². The Hall–Kier alpha value is -3.38. The van der Waals surface area contributed by atoms with E-state index in [9.17, 15) is 9.90 Å². The van der Waals surface area contributed by atoms with E-state index in [2.05, 4.69) is 34.7 Å². The van der Waals surface area contributed by atoms with Crippen molar-refractivity contribution in [2.24, 2.45) is 10.9 Å². The number of hydrogen-bond acceptors (Lipinski definition) is 5. The fourth-order valence-corrected chi connectivity index (χ4v) is 4.00. The van der Waals surface area contributed by atoms with Crippen molar-refractivity contribution < 1.29 is 9.90 Å². The first-order valence-corrected chi connectivity index (χ1v) is 9.81. The average molecular weight is 405 g/mol. The second-order valence-electron chi connectivity index (χ2n) is 7.80. The molecule has 156 valence electrons. The van der Waals surface area contributed by atoms with Crippen molar-refractivity contribution >= 4 is 23.4 Å². The van der Waals surface area contributed by atoms with E-state index in [4.69, 9.17) is 5.84 Å². The fourth-order valence-electron chi connectivity index (χ4n) is 4.00. The monoisotopic (exact) mass is 404 g/mol. The van der Waals surface area contributed by atoms with E-state index in [0.717, 1.165) is 28.0 Å². The van der Waals surface area contributed by atoms with Crippen LogP contribution in [0.5, 0.6) is 0 Å². The van der Waals surface area contributed by atoms with Crippen molar-refractivity contribution in [2.75, 3.05) is 19.4 Å². The van der Waals surface area contributed by atoms with Gasteiger partial charge in [-0.1, -0.05) is 60.2 Å². The Bertz CT molecular complexity index is 978. The topological polar surface area (TPSA) is 90.9 Å². The fraction of sp³-hybridized carbons (Fsp3) is 0.250. The number of likely N-dealkylation sites (N-methyl/N-ethyl adjacent to an activating group) is 1. The Labute approximate surface area is 177 Å². The Morgan fingerprint density at radius 3 is 2.43 bits per heavy atom. The second kappa shape index (κ2) is 8.97. The number of carboxylic acids is 1. The predicted molar refractivity (Wildman–Crippen MR) is 122 cm³/mol. The minimum absolute atomic E-state index is 0.573. The van der Waals surface area contributed by atoms with Gasteiger partial charge in [-0.3, -0.25) is 4.90 Å². The lowest BCUT2D eigenvalue weighted by molar-refractivity contribution is -0.140. The highest BCUT2D eigenvalue weighted by Crippen LogP contribution is 2.39. The van der Waals surface area contributed by atoms with Crippen LogP contribution in [0.15, 0.2) is 77.4 Å². The van der Waals surface area contributed by atoms with Gasteiger partial charge in [0.2, 0.25) is 0 Å². The minimum atomic E-state index is -0.908. The lowest BCUT2D eigenvalue weighted by Gasteiger charge is -2.45. The summed E-state index contributed by atoms with van der Waals surface area (Å²) < 4.78 is 0. The average Bonchev–Trinajstić information content (AvgIpc) is 2.73. The number of carboxylic acid groups (broad SMARTS) is 1. The van der Waals surface area contributed by atoms with E-state index in [1.807, 2.05) is 68.4 Å². The van der Waals surface area contributed by atoms with Gasteiger partial charge in [-0.05, 0) is 56.3 Å². The number of carbonyl (C=O) groups is 1. The SMILES string of the molecule is CC1=CC(C(Nc2ccc(C=NN)cc2)C(=O)O)(N(C)C)CC(c2ccccc2)=C1. The van der Waals surface area contributed by atoms with E-state index < -0.39 is 17.6 Å². The molecule has 2 aromatic rings.